The Hall–Kier alpha value is -2.62. The highest BCUT2D eigenvalue weighted by Crippen LogP contribution is 2.20. The number of anilines is 1. The molecule has 0 heterocycles. The second-order valence-corrected chi connectivity index (χ2v) is 5.16. The SMILES string of the molecule is CC(=O)NC(CC(=O)N(C)c1ccccc1)c1ccccc1. The maximum atomic E-state index is 12.5. The normalized spacial score (nSPS) is 11.5. The van der Waals surface area contributed by atoms with Crippen molar-refractivity contribution in [3.8, 4) is 0 Å². The van der Waals surface area contributed by atoms with Crippen molar-refractivity contribution in [3.63, 3.8) is 0 Å². The third kappa shape index (κ3) is 4.19. The first-order valence-corrected chi connectivity index (χ1v) is 7.21. The van der Waals surface area contributed by atoms with E-state index in [0.717, 1.165) is 11.3 Å². The Kier molecular flexibility index (Phi) is 5.31. The zero-order chi connectivity index (χ0) is 15.9. The highest BCUT2D eigenvalue weighted by atomic mass is 16.2. The van der Waals surface area contributed by atoms with Crippen LogP contribution in [0.3, 0.4) is 0 Å². The molecule has 0 saturated carbocycles. The minimum absolute atomic E-state index is 0.0474. The van der Waals surface area contributed by atoms with Gasteiger partial charge < -0.3 is 10.2 Å². The summed E-state index contributed by atoms with van der Waals surface area (Å²) >= 11 is 0. The van der Waals surface area contributed by atoms with Gasteiger partial charge in [-0.05, 0) is 17.7 Å². The molecule has 1 atom stereocenters. The van der Waals surface area contributed by atoms with Crippen molar-refractivity contribution in [1.82, 2.24) is 5.32 Å². The molecule has 2 aromatic carbocycles. The highest BCUT2D eigenvalue weighted by molar-refractivity contribution is 5.93. The standard InChI is InChI=1S/C18H20N2O2/c1-14(21)19-17(15-9-5-3-6-10-15)13-18(22)20(2)16-11-7-4-8-12-16/h3-12,17H,13H2,1-2H3,(H,19,21). The molecule has 0 radical (unpaired) electrons. The molecule has 2 amide bonds. The van der Waals surface area contributed by atoms with Gasteiger partial charge in [-0.1, -0.05) is 48.5 Å². The second kappa shape index (κ2) is 7.41. The second-order valence-electron chi connectivity index (χ2n) is 5.16. The molecular weight excluding hydrogens is 276 g/mol. The van der Waals surface area contributed by atoms with Gasteiger partial charge in [0.25, 0.3) is 0 Å². The Bertz CT molecular complexity index is 626. The number of hydrogen-bond donors (Lipinski definition) is 1. The Morgan fingerprint density at radius 2 is 1.55 bits per heavy atom. The maximum Gasteiger partial charge on any atom is 0.229 e. The molecule has 0 aliphatic carbocycles. The van der Waals surface area contributed by atoms with Gasteiger partial charge in [0.05, 0.1) is 12.5 Å². The molecule has 1 unspecified atom stereocenters. The lowest BCUT2D eigenvalue weighted by atomic mass is 10.0. The molecule has 0 bridgehead atoms. The minimum Gasteiger partial charge on any atom is -0.349 e. The fourth-order valence-corrected chi connectivity index (χ4v) is 2.29. The Balaban J connectivity index is 2.13. The van der Waals surface area contributed by atoms with Crippen LogP contribution in [0.5, 0.6) is 0 Å². The lowest BCUT2D eigenvalue weighted by Crippen LogP contribution is -2.33. The van der Waals surface area contributed by atoms with Crippen molar-refractivity contribution in [2.24, 2.45) is 0 Å². The zero-order valence-electron chi connectivity index (χ0n) is 12.8. The van der Waals surface area contributed by atoms with Crippen molar-refractivity contribution in [3.05, 3.63) is 66.2 Å². The fourth-order valence-electron chi connectivity index (χ4n) is 2.29. The average Bonchev–Trinajstić information content (AvgIpc) is 2.54. The predicted octanol–water partition coefficient (Wildman–Crippen LogP) is 2.92. The van der Waals surface area contributed by atoms with Gasteiger partial charge in [-0.15, -0.1) is 0 Å². The van der Waals surface area contributed by atoms with Crippen LogP contribution in [0, 0.1) is 0 Å². The van der Waals surface area contributed by atoms with E-state index in [9.17, 15) is 9.59 Å². The van der Waals surface area contributed by atoms with Crippen LogP contribution in [0.4, 0.5) is 5.69 Å². The quantitative estimate of drug-likeness (QED) is 0.922. The van der Waals surface area contributed by atoms with Crippen molar-refractivity contribution in [2.75, 3.05) is 11.9 Å². The van der Waals surface area contributed by atoms with Gasteiger partial charge >= 0.3 is 0 Å². The topological polar surface area (TPSA) is 49.4 Å². The average molecular weight is 296 g/mol. The molecule has 0 spiro atoms. The molecular formula is C18H20N2O2. The summed E-state index contributed by atoms with van der Waals surface area (Å²) in [5.74, 6) is -0.196. The smallest absolute Gasteiger partial charge is 0.229 e. The first-order valence-electron chi connectivity index (χ1n) is 7.21. The van der Waals surface area contributed by atoms with E-state index in [1.54, 1.807) is 11.9 Å². The first-order chi connectivity index (χ1) is 10.6. The molecule has 0 aliphatic heterocycles. The van der Waals surface area contributed by atoms with E-state index in [1.807, 2.05) is 60.7 Å². The van der Waals surface area contributed by atoms with Crippen LogP contribution in [-0.2, 0) is 9.59 Å². The van der Waals surface area contributed by atoms with Crippen molar-refractivity contribution in [1.29, 1.82) is 0 Å². The number of nitrogens with one attached hydrogen (secondary N) is 1. The van der Waals surface area contributed by atoms with E-state index in [2.05, 4.69) is 5.32 Å². The summed E-state index contributed by atoms with van der Waals surface area (Å²) in [6.07, 6.45) is 0.217. The van der Waals surface area contributed by atoms with Crippen LogP contribution < -0.4 is 10.2 Å². The number of carbonyl (C=O) groups excluding carboxylic acids is 2. The molecule has 1 N–H and O–H groups in total. The van der Waals surface area contributed by atoms with Gasteiger partial charge in [-0.3, -0.25) is 9.59 Å². The van der Waals surface area contributed by atoms with Gasteiger partial charge in [0.2, 0.25) is 11.8 Å². The van der Waals surface area contributed by atoms with Crippen LogP contribution in [-0.4, -0.2) is 18.9 Å². The predicted molar refractivity (Wildman–Crippen MR) is 87.5 cm³/mol. The fraction of sp³-hybridized carbons (Fsp3) is 0.222. The lowest BCUT2D eigenvalue weighted by molar-refractivity contribution is -0.121. The minimum atomic E-state index is -0.322. The Labute approximate surface area is 130 Å². The van der Waals surface area contributed by atoms with Crippen LogP contribution in [0.15, 0.2) is 60.7 Å². The molecule has 114 valence electrons. The van der Waals surface area contributed by atoms with E-state index < -0.39 is 0 Å². The summed E-state index contributed by atoms with van der Waals surface area (Å²) in [6.45, 7) is 1.46. The van der Waals surface area contributed by atoms with Crippen molar-refractivity contribution in [2.45, 2.75) is 19.4 Å². The third-order valence-corrected chi connectivity index (χ3v) is 3.48. The van der Waals surface area contributed by atoms with E-state index in [-0.39, 0.29) is 24.3 Å². The zero-order valence-corrected chi connectivity index (χ0v) is 12.8. The molecule has 0 saturated heterocycles. The number of para-hydroxylation sites is 1. The largest absolute Gasteiger partial charge is 0.349 e. The van der Waals surface area contributed by atoms with Gasteiger partial charge in [0, 0.05) is 19.7 Å². The summed E-state index contributed by atoms with van der Waals surface area (Å²) in [7, 11) is 1.74. The number of amides is 2. The summed E-state index contributed by atoms with van der Waals surface area (Å²) in [5.41, 5.74) is 1.76. The van der Waals surface area contributed by atoms with Gasteiger partial charge in [0.15, 0.2) is 0 Å². The Morgan fingerprint density at radius 1 is 1.00 bits per heavy atom. The number of nitrogens with zero attached hydrogens (tertiary/aromatic N) is 1. The molecule has 2 aromatic rings. The summed E-state index contributed by atoms with van der Waals surface area (Å²) in [6, 6.07) is 18.7. The van der Waals surface area contributed by atoms with E-state index in [0.29, 0.717) is 0 Å². The molecule has 0 fully saturated rings. The lowest BCUT2D eigenvalue weighted by Gasteiger charge is -2.22. The molecule has 4 nitrogen and oxygen atoms in total. The van der Waals surface area contributed by atoms with Gasteiger partial charge in [-0.2, -0.15) is 0 Å². The van der Waals surface area contributed by atoms with E-state index in [1.165, 1.54) is 6.92 Å². The van der Waals surface area contributed by atoms with E-state index >= 15 is 0 Å². The molecule has 0 aliphatic rings. The molecule has 2 rings (SSSR count). The van der Waals surface area contributed by atoms with Gasteiger partial charge in [0.1, 0.15) is 0 Å². The highest BCUT2D eigenvalue weighted by Gasteiger charge is 2.20. The summed E-state index contributed by atoms with van der Waals surface area (Å²) in [4.78, 5) is 25.5. The molecule has 4 heteroatoms. The Morgan fingerprint density at radius 3 is 2.09 bits per heavy atom. The van der Waals surface area contributed by atoms with Crippen LogP contribution in [0.2, 0.25) is 0 Å². The van der Waals surface area contributed by atoms with Crippen LogP contribution in [0.1, 0.15) is 24.9 Å². The number of rotatable bonds is 5. The van der Waals surface area contributed by atoms with Crippen LogP contribution >= 0.6 is 0 Å². The monoisotopic (exact) mass is 296 g/mol. The third-order valence-electron chi connectivity index (χ3n) is 3.48. The van der Waals surface area contributed by atoms with E-state index in [4.69, 9.17) is 0 Å². The van der Waals surface area contributed by atoms with Gasteiger partial charge in [-0.25, -0.2) is 0 Å². The maximum absolute atomic E-state index is 12.5. The molecule has 0 aromatic heterocycles. The van der Waals surface area contributed by atoms with Crippen molar-refractivity contribution < 1.29 is 9.59 Å². The number of hydrogen-bond acceptors (Lipinski definition) is 2. The summed E-state index contributed by atoms with van der Waals surface area (Å²) < 4.78 is 0. The number of carbonyl (C=O) groups is 2. The number of benzene rings is 2. The van der Waals surface area contributed by atoms with Crippen molar-refractivity contribution >= 4 is 17.5 Å². The first kappa shape index (κ1) is 15.8. The molecule has 22 heavy (non-hydrogen) atoms. The summed E-state index contributed by atoms with van der Waals surface area (Å²) in [5, 5.41) is 2.85. The van der Waals surface area contributed by atoms with Crippen LogP contribution in [0.25, 0.3) is 0 Å².